The van der Waals surface area contributed by atoms with Gasteiger partial charge in [-0.05, 0) is 49.4 Å². The zero-order valence-corrected chi connectivity index (χ0v) is 12.4. The number of likely N-dealkylation sites (tertiary alicyclic amines) is 1. The summed E-state index contributed by atoms with van der Waals surface area (Å²) >= 11 is 0. The number of aromatic nitrogens is 2. The van der Waals surface area contributed by atoms with E-state index < -0.39 is 0 Å². The summed E-state index contributed by atoms with van der Waals surface area (Å²) in [6, 6.07) is 8.69. The standard InChI is InChI=1S/C17H23N3O/c21-11-7-15-2-1-9-19(12-15)13-16-3-5-17(6-4-16)20-10-8-18-14-20/h3-6,8,10,14-15,21H,1-2,7,9,11-13H2. The van der Waals surface area contributed by atoms with Gasteiger partial charge in [0.15, 0.2) is 0 Å². The second-order valence-corrected chi connectivity index (χ2v) is 5.89. The molecule has 1 fully saturated rings. The van der Waals surface area contributed by atoms with Gasteiger partial charge in [0.1, 0.15) is 0 Å². The molecule has 0 spiro atoms. The molecular formula is C17H23N3O. The predicted molar refractivity (Wildman–Crippen MR) is 83.3 cm³/mol. The Morgan fingerprint density at radius 2 is 2.10 bits per heavy atom. The number of imidazole rings is 1. The lowest BCUT2D eigenvalue weighted by Crippen LogP contribution is -2.35. The van der Waals surface area contributed by atoms with Crippen LogP contribution in [-0.2, 0) is 6.54 Å². The van der Waals surface area contributed by atoms with E-state index in [9.17, 15) is 0 Å². The maximum Gasteiger partial charge on any atom is 0.0991 e. The van der Waals surface area contributed by atoms with Crippen LogP contribution in [0.5, 0.6) is 0 Å². The first-order chi connectivity index (χ1) is 10.3. The van der Waals surface area contributed by atoms with Crippen LogP contribution < -0.4 is 0 Å². The highest BCUT2D eigenvalue weighted by molar-refractivity contribution is 5.34. The van der Waals surface area contributed by atoms with Crippen molar-refractivity contribution in [3.63, 3.8) is 0 Å². The van der Waals surface area contributed by atoms with E-state index in [0.717, 1.165) is 25.2 Å². The Morgan fingerprint density at radius 3 is 2.81 bits per heavy atom. The van der Waals surface area contributed by atoms with Crippen LogP contribution in [0.25, 0.3) is 5.69 Å². The fraction of sp³-hybridized carbons (Fsp3) is 0.471. The predicted octanol–water partition coefficient (Wildman–Crippen LogP) is 2.47. The normalized spacial score (nSPS) is 19.8. The number of aliphatic hydroxyl groups is 1. The van der Waals surface area contributed by atoms with Gasteiger partial charge in [-0.15, -0.1) is 0 Å². The molecule has 112 valence electrons. The molecule has 1 N–H and O–H groups in total. The third kappa shape index (κ3) is 3.71. The van der Waals surface area contributed by atoms with Gasteiger partial charge in [0.25, 0.3) is 0 Å². The number of nitrogens with zero attached hydrogens (tertiary/aromatic N) is 3. The van der Waals surface area contributed by atoms with Crippen molar-refractivity contribution in [3.05, 3.63) is 48.5 Å². The highest BCUT2D eigenvalue weighted by Crippen LogP contribution is 2.21. The molecule has 1 atom stereocenters. The fourth-order valence-electron chi connectivity index (χ4n) is 3.16. The molecule has 21 heavy (non-hydrogen) atoms. The summed E-state index contributed by atoms with van der Waals surface area (Å²) in [6.45, 7) is 3.61. The van der Waals surface area contributed by atoms with Crippen molar-refractivity contribution < 1.29 is 5.11 Å². The Kier molecular flexibility index (Phi) is 4.68. The summed E-state index contributed by atoms with van der Waals surface area (Å²) in [4.78, 5) is 6.58. The molecule has 2 heterocycles. The summed E-state index contributed by atoms with van der Waals surface area (Å²) in [7, 11) is 0. The molecule has 1 saturated heterocycles. The van der Waals surface area contributed by atoms with Crippen molar-refractivity contribution in [2.45, 2.75) is 25.8 Å². The SMILES string of the molecule is OCCC1CCCN(Cc2ccc(-n3ccnc3)cc2)C1. The highest BCUT2D eigenvalue weighted by Gasteiger charge is 2.19. The van der Waals surface area contributed by atoms with Crippen molar-refractivity contribution in [2.24, 2.45) is 5.92 Å². The maximum absolute atomic E-state index is 9.09. The zero-order valence-electron chi connectivity index (χ0n) is 12.4. The van der Waals surface area contributed by atoms with Gasteiger partial charge < -0.3 is 9.67 Å². The molecule has 1 aliphatic heterocycles. The second kappa shape index (κ2) is 6.87. The first-order valence-corrected chi connectivity index (χ1v) is 7.75. The number of hydrogen-bond acceptors (Lipinski definition) is 3. The van der Waals surface area contributed by atoms with Gasteiger partial charge in [-0.1, -0.05) is 12.1 Å². The molecule has 2 aromatic rings. The summed E-state index contributed by atoms with van der Waals surface area (Å²) in [5.41, 5.74) is 2.50. The molecular weight excluding hydrogens is 262 g/mol. The summed E-state index contributed by atoms with van der Waals surface area (Å²) < 4.78 is 2.02. The minimum Gasteiger partial charge on any atom is -0.396 e. The van der Waals surface area contributed by atoms with Crippen LogP contribution in [0.3, 0.4) is 0 Å². The van der Waals surface area contributed by atoms with Crippen molar-refractivity contribution in [1.29, 1.82) is 0 Å². The number of piperidine rings is 1. The molecule has 1 aromatic carbocycles. The Bertz CT molecular complexity index is 534. The Morgan fingerprint density at radius 1 is 1.24 bits per heavy atom. The van der Waals surface area contributed by atoms with E-state index >= 15 is 0 Å². The molecule has 1 aromatic heterocycles. The van der Waals surface area contributed by atoms with Crippen LogP contribution in [-0.4, -0.2) is 39.3 Å². The molecule has 0 radical (unpaired) electrons. The largest absolute Gasteiger partial charge is 0.396 e. The highest BCUT2D eigenvalue weighted by atomic mass is 16.3. The Balaban J connectivity index is 1.60. The third-order valence-corrected chi connectivity index (χ3v) is 4.29. The van der Waals surface area contributed by atoms with Gasteiger partial charge in [0.2, 0.25) is 0 Å². The Labute approximate surface area is 126 Å². The van der Waals surface area contributed by atoms with Crippen molar-refractivity contribution >= 4 is 0 Å². The molecule has 3 rings (SSSR count). The minimum absolute atomic E-state index is 0.318. The molecule has 0 aliphatic carbocycles. The Hall–Kier alpha value is -1.65. The van der Waals surface area contributed by atoms with E-state index in [0.29, 0.717) is 12.5 Å². The van der Waals surface area contributed by atoms with E-state index in [4.69, 9.17) is 5.11 Å². The van der Waals surface area contributed by atoms with Gasteiger partial charge >= 0.3 is 0 Å². The average Bonchev–Trinajstić information content (AvgIpc) is 3.03. The topological polar surface area (TPSA) is 41.3 Å². The van der Waals surface area contributed by atoms with Gasteiger partial charge in [0, 0.05) is 37.8 Å². The van der Waals surface area contributed by atoms with Crippen LogP contribution in [0.1, 0.15) is 24.8 Å². The number of hydrogen-bond donors (Lipinski definition) is 1. The first-order valence-electron chi connectivity index (χ1n) is 7.75. The van der Waals surface area contributed by atoms with E-state index in [1.165, 1.54) is 24.9 Å². The van der Waals surface area contributed by atoms with Crippen LogP contribution >= 0.6 is 0 Å². The molecule has 0 saturated carbocycles. The van der Waals surface area contributed by atoms with Crippen molar-refractivity contribution in [1.82, 2.24) is 14.5 Å². The third-order valence-electron chi connectivity index (χ3n) is 4.29. The van der Waals surface area contributed by atoms with E-state index in [1.54, 1.807) is 6.20 Å². The quantitative estimate of drug-likeness (QED) is 0.917. The number of benzene rings is 1. The molecule has 0 bridgehead atoms. The van der Waals surface area contributed by atoms with Crippen molar-refractivity contribution in [2.75, 3.05) is 19.7 Å². The minimum atomic E-state index is 0.318. The first kappa shape index (κ1) is 14.3. The second-order valence-electron chi connectivity index (χ2n) is 5.89. The van der Waals surface area contributed by atoms with Crippen LogP contribution in [0.15, 0.2) is 43.0 Å². The lowest BCUT2D eigenvalue weighted by molar-refractivity contribution is 0.142. The van der Waals surface area contributed by atoms with Gasteiger partial charge in [-0.3, -0.25) is 4.90 Å². The van der Waals surface area contributed by atoms with Gasteiger partial charge in [0.05, 0.1) is 6.33 Å². The fourth-order valence-corrected chi connectivity index (χ4v) is 3.16. The molecule has 1 unspecified atom stereocenters. The van der Waals surface area contributed by atoms with Crippen molar-refractivity contribution in [3.8, 4) is 5.69 Å². The molecule has 1 aliphatic rings. The summed E-state index contributed by atoms with van der Waals surface area (Å²) in [6.07, 6.45) is 9.02. The number of rotatable bonds is 5. The lowest BCUT2D eigenvalue weighted by atomic mass is 9.95. The van der Waals surface area contributed by atoms with Gasteiger partial charge in [-0.25, -0.2) is 4.98 Å². The average molecular weight is 285 g/mol. The monoisotopic (exact) mass is 285 g/mol. The summed E-state index contributed by atoms with van der Waals surface area (Å²) in [5, 5.41) is 9.09. The molecule has 0 amide bonds. The van der Waals surface area contributed by atoms with E-state index in [1.807, 2.05) is 17.1 Å². The van der Waals surface area contributed by atoms with Crippen LogP contribution in [0.2, 0.25) is 0 Å². The zero-order chi connectivity index (χ0) is 14.5. The van der Waals surface area contributed by atoms with Crippen LogP contribution in [0.4, 0.5) is 0 Å². The number of aliphatic hydroxyl groups excluding tert-OH is 1. The summed E-state index contributed by atoms with van der Waals surface area (Å²) in [5.74, 6) is 0.661. The van der Waals surface area contributed by atoms with E-state index in [-0.39, 0.29) is 0 Å². The van der Waals surface area contributed by atoms with Crippen LogP contribution in [0, 0.1) is 5.92 Å². The molecule has 4 heteroatoms. The molecule has 4 nitrogen and oxygen atoms in total. The van der Waals surface area contributed by atoms with Gasteiger partial charge in [-0.2, -0.15) is 0 Å². The maximum atomic E-state index is 9.09. The lowest BCUT2D eigenvalue weighted by Gasteiger charge is -2.32. The smallest absolute Gasteiger partial charge is 0.0991 e. The van der Waals surface area contributed by atoms with E-state index in [2.05, 4.69) is 34.1 Å².